The number of rotatable bonds is 4. The van der Waals surface area contributed by atoms with Crippen LogP contribution in [0.4, 0.5) is 4.39 Å². The Bertz CT molecular complexity index is 738. The summed E-state index contributed by atoms with van der Waals surface area (Å²) in [6.07, 6.45) is 0. The standard InChI is InChI=1S/C15H11FN2O3/c1-9-2-5-13(14(18-9)15(19)20)21-8-11-6-12(16)4-3-10(11)7-17/h2-6H,8H2,1H3,(H,19,20). The second kappa shape index (κ2) is 6.01. The number of carbonyl (C=O) groups is 1. The number of nitriles is 1. The summed E-state index contributed by atoms with van der Waals surface area (Å²) in [4.78, 5) is 15.0. The highest BCUT2D eigenvalue weighted by molar-refractivity contribution is 5.88. The fourth-order valence-corrected chi connectivity index (χ4v) is 1.76. The third-order valence-electron chi connectivity index (χ3n) is 2.77. The highest BCUT2D eigenvalue weighted by Gasteiger charge is 2.14. The van der Waals surface area contributed by atoms with E-state index in [0.29, 0.717) is 11.3 Å². The number of aryl methyl sites for hydroxylation is 1. The number of benzene rings is 1. The first kappa shape index (κ1) is 14.5. The van der Waals surface area contributed by atoms with E-state index in [1.54, 1.807) is 13.0 Å². The third kappa shape index (κ3) is 3.34. The zero-order valence-electron chi connectivity index (χ0n) is 11.1. The Balaban J connectivity index is 2.27. The van der Waals surface area contributed by atoms with Gasteiger partial charge in [0.05, 0.1) is 11.6 Å². The first-order chi connectivity index (χ1) is 10.0. The second-order valence-corrected chi connectivity index (χ2v) is 4.31. The quantitative estimate of drug-likeness (QED) is 0.934. The van der Waals surface area contributed by atoms with E-state index in [0.717, 1.165) is 0 Å². The zero-order valence-corrected chi connectivity index (χ0v) is 11.1. The monoisotopic (exact) mass is 286 g/mol. The van der Waals surface area contributed by atoms with Crippen molar-refractivity contribution in [2.45, 2.75) is 13.5 Å². The Kier molecular flexibility index (Phi) is 4.14. The van der Waals surface area contributed by atoms with Crippen LogP contribution in [0.2, 0.25) is 0 Å². The van der Waals surface area contributed by atoms with Crippen LogP contribution in [-0.4, -0.2) is 16.1 Å². The maximum atomic E-state index is 13.2. The molecule has 1 N–H and O–H groups in total. The lowest BCUT2D eigenvalue weighted by atomic mass is 10.1. The summed E-state index contributed by atoms with van der Waals surface area (Å²) in [6, 6.07) is 8.73. The fraction of sp³-hybridized carbons (Fsp3) is 0.133. The normalized spacial score (nSPS) is 9.95. The minimum atomic E-state index is -1.21. The van der Waals surface area contributed by atoms with Gasteiger partial charge in [0.1, 0.15) is 12.4 Å². The molecule has 1 aromatic carbocycles. The Morgan fingerprint density at radius 2 is 2.19 bits per heavy atom. The summed E-state index contributed by atoms with van der Waals surface area (Å²) in [6.45, 7) is 1.54. The van der Waals surface area contributed by atoms with Crippen LogP contribution in [0.25, 0.3) is 0 Å². The Labute approximate surface area is 120 Å². The van der Waals surface area contributed by atoms with Crippen LogP contribution in [0.3, 0.4) is 0 Å². The lowest BCUT2D eigenvalue weighted by Crippen LogP contribution is -2.07. The van der Waals surface area contributed by atoms with Gasteiger partial charge < -0.3 is 9.84 Å². The van der Waals surface area contributed by atoms with Crippen molar-refractivity contribution >= 4 is 5.97 Å². The van der Waals surface area contributed by atoms with Crippen molar-refractivity contribution in [1.82, 2.24) is 4.98 Å². The van der Waals surface area contributed by atoms with Crippen LogP contribution >= 0.6 is 0 Å². The number of ether oxygens (including phenoxy) is 1. The number of hydrogen-bond acceptors (Lipinski definition) is 4. The highest BCUT2D eigenvalue weighted by Crippen LogP contribution is 2.20. The van der Waals surface area contributed by atoms with Gasteiger partial charge in [-0.1, -0.05) is 0 Å². The number of carboxylic acid groups (broad SMARTS) is 1. The average Bonchev–Trinajstić information content (AvgIpc) is 2.46. The molecule has 5 nitrogen and oxygen atoms in total. The van der Waals surface area contributed by atoms with Crippen LogP contribution in [0.1, 0.15) is 27.3 Å². The summed E-state index contributed by atoms with van der Waals surface area (Å²) in [7, 11) is 0. The molecule has 0 saturated heterocycles. The van der Waals surface area contributed by atoms with E-state index in [1.165, 1.54) is 24.3 Å². The molecule has 6 heteroatoms. The molecule has 106 valence electrons. The van der Waals surface area contributed by atoms with Crippen LogP contribution < -0.4 is 4.74 Å². The van der Waals surface area contributed by atoms with Gasteiger partial charge >= 0.3 is 5.97 Å². The molecule has 1 heterocycles. The van der Waals surface area contributed by atoms with Crippen LogP contribution in [0.5, 0.6) is 5.75 Å². The molecule has 0 bridgehead atoms. The van der Waals surface area contributed by atoms with E-state index in [-0.39, 0.29) is 23.6 Å². The molecule has 0 aliphatic heterocycles. The van der Waals surface area contributed by atoms with Crippen molar-refractivity contribution in [3.05, 3.63) is 58.7 Å². The molecule has 0 radical (unpaired) electrons. The predicted molar refractivity (Wildman–Crippen MR) is 71.4 cm³/mol. The predicted octanol–water partition coefficient (Wildman–Crippen LogP) is 2.68. The molecular formula is C15H11FN2O3. The molecule has 0 unspecified atom stereocenters. The van der Waals surface area contributed by atoms with Gasteiger partial charge in [0.25, 0.3) is 0 Å². The van der Waals surface area contributed by atoms with Crippen molar-refractivity contribution in [2.75, 3.05) is 0 Å². The maximum Gasteiger partial charge on any atom is 0.358 e. The fourth-order valence-electron chi connectivity index (χ4n) is 1.76. The summed E-state index contributed by atoms with van der Waals surface area (Å²) in [5, 5.41) is 18.0. The van der Waals surface area contributed by atoms with Crippen molar-refractivity contribution < 1.29 is 19.0 Å². The van der Waals surface area contributed by atoms with Gasteiger partial charge in [-0.3, -0.25) is 0 Å². The molecule has 0 aliphatic carbocycles. The zero-order chi connectivity index (χ0) is 15.4. The van der Waals surface area contributed by atoms with Gasteiger partial charge in [-0.05, 0) is 37.3 Å². The van der Waals surface area contributed by atoms with E-state index < -0.39 is 11.8 Å². The Hall–Kier alpha value is -2.94. The highest BCUT2D eigenvalue weighted by atomic mass is 19.1. The van der Waals surface area contributed by atoms with Gasteiger partial charge in [-0.25, -0.2) is 14.2 Å². The van der Waals surface area contributed by atoms with Crippen molar-refractivity contribution in [3.63, 3.8) is 0 Å². The van der Waals surface area contributed by atoms with E-state index in [2.05, 4.69) is 4.98 Å². The smallest absolute Gasteiger partial charge is 0.358 e. The van der Waals surface area contributed by atoms with Gasteiger partial charge in [-0.2, -0.15) is 5.26 Å². The maximum absolute atomic E-state index is 13.2. The van der Waals surface area contributed by atoms with Gasteiger partial charge in [0.15, 0.2) is 11.4 Å². The molecule has 0 fully saturated rings. The molecule has 2 aromatic rings. The second-order valence-electron chi connectivity index (χ2n) is 4.31. The van der Waals surface area contributed by atoms with Crippen molar-refractivity contribution in [1.29, 1.82) is 5.26 Å². The molecule has 1 aromatic heterocycles. The number of aromatic nitrogens is 1. The molecule has 0 aliphatic rings. The van der Waals surface area contributed by atoms with Crippen LogP contribution in [0.15, 0.2) is 30.3 Å². The number of hydrogen-bond donors (Lipinski definition) is 1. The average molecular weight is 286 g/mol. The number of carboxylic acids is 1. The molecule has 0 saturated carbocycles. The molecule has 0 amide bonds. The SMILES string of the molecule is Cc1ccc(OCc2cc(F)ccc2C#N)c(C(=O)O)n1. The first-order valence-corrected chi connectivity index (χ1v) is 6.03. The third-order valence-corrected chi connectivity index (χ3v) is 2.77. The number of aromatic carboxylic acids is 1. The van der Waals surface area contributed by atoms with Crippen LogP contribution in [0, 0.1) is 24.1 Å². The van der Waals surface area contributed by atoms with Crippen molar-refractivity contribution in [3.8, 4) is 11.8 Å². The topological polar surface area (TPSA) is 83.2 Å². The summed E-state index contributed by atoms with van der Waals surface area (Å²) in [5.41, 5.74) is 0.941. The van der Waals surface area contributed by atoms with E-state index >= 15 is 0 Å². The molecule has 0 atom stereocenters. The van der Waals surface area contributed by atoms with Crippen LogP contribution in [-0.2, 0) is 6.61 Å². The first-order valence-electron chi connectivity index (χ1n) is 6.03. The summed E-state index contributed by atoms with van der Waals surface area (Å²) in [5.74, 6) is -1.64. The van der Waals surface area contributed by atoms with Gasteiger partial charge in [-0.15, -0.1) is 0 Å². The van der Waals surface area contributed by atoms with E-state index in [1.807, 2.05) is 6.07 Å². The Morgan fingerprint density at radius 3 is 2.86 bits per heavy atom. The minimum Gasteiger partial charge on any atom is -0.486 e. The van der Waals surface area contributed by atoms with Crippen molar-refractivity contribution in [2.24, 2.45) is 0 Å². The number of pyridine rings is 1. The number of halogens is 1. The molecule has 21 heavy (non-hydrogen) atoms. The summed E-state index contributed by atoms with van der Waals surface area (Å²) >= 11 is 0. The number of nitrogens with zero attached hydrogens (tertiary/aromatic N) is 2. The van der Waals surface area contributed by atoms with Gasteiger partial charge in [0.2, 0.25) is 0 Å². The molecular weight excluding hydrogens is 275 g/mol. The van der Waals surface area contributed by atoms with E-state index in [9.17, 15) is 9.18 Å². The Morgan fingerprint density at radius 1 is 1.43 bits per heavy atom. The minimum absolute atomic E-state index is 0.0706. The lowest BCUT2D eigenvalue weighted by Gasteiger charge is -2.10. The molecule has 0 spiro atoms. The summed E-state index contributed by atoms with van der Waals surface area (Å²) < 4.78 is 18.6. The van der Waals surface area contributed by atoms with Gasteiger partial charge in [0, 0.05) is 11.3 Å². The molecule has 2 rings (SSSR count). The van der Waals surface area contributed by atoms with E-state index in [4.69, 9.17) is 15.1 Å². The lowest BCUT2D eigenvalue weighted by molar-refractivity contribution is 0.0684. The largest absolute Gasteiger partial charge is 0.486 e.